The molecule has 11 heteroatoms. The van der Waals surface area contributed by atoms with Gasteiger partial charge in [0.05, 0.1) is 33.3 Å². The molecule has 0 aliphatic rings. The standard InChI is InChI=1S/C33H31N5O5S/c1-40-27-17-15-25(19-29(27)42-3)32-36-37-33(38(32)26-12-8-5-9-13-26)44-22-31(39)35-34-20-24-14-16-28(41-2)30(18-24)43-21-23-10-6-4-7-11-23/h4-20H,21-22H2,1-3H3,(H,35,39)/b34-20-. The smallest absolute Gasteiger partial charge is 0.250 e. The van der Waals surface area contributed by atoms with E-state index in [1.807, 2.05) is 95.6 Å². The van der Waals surface area contributed by atoms with Crippen LogP contribution in [0.2, 0.25) is 0 Å². The van der Waals surface area contributed by atoms with Crippen LogP contribution < -0.4 is 24.4 Å². The van der Waals surface area contributed by atoms with Crippen molar-refractivity contribution in [2.75, 3.05) is 27.1 Å². The Bertz CT molecular complexity index is 1730. The van der Waals surface area contributed by atoms with Crippen LogP contribution in [-0.4, -0.2) is 54.0 Å². The molecule has 1 heterocycles. The van der Waals surface area contributed by atoms with Crippen molar-refractivity contribution in [2.45, 2.75) is 11.8 Å². The molecule has 4 aromatic carbocycles. The Labute approximate surface area is 259 Å². The average Bonchev–Trinajstić information content (AvgIpc) is 3.51. The number of hydrogen-bond donors (Lipinski definition) is 1. The number of rotatable bonds is 13. The summed E-state index contributed by atoms with van der Waals surface area (Å²) in [6.45, 7) is 0.396. The Kier molecular flexibility index (Phi) is 10.1. The number of aromatic nitrogens is 3. The molecule has 1 amide bonds. The van der Waals surface area contributed by atoms with Crippen molar-refractivity contribution < 1.29 is 23.7 Å². The monoisotopic (exact) mass is 609 g/mol. The van der Waals surface area contributed by atoms with Gasteiger partial charge in [-0.15, -0.1) is 10.2 Å². The highest BCUT2D eigenvalue weighted by Crippen LogP contribution is 2.34. The zero-order valence-electron chi connectivity index (χ0n) is 24.5. The molecule has 0 fully saturated rings. The topological polar surface area (TPSA) is 109 Å². The minimum absolute atomic E-state index is 0.0717. The predicted octanol–water partition coefficient (Wildman–Crippen LogP) is 5.78. The second-order valence-corrected chi connectivity index (χ2v) is 10.3. The van der Waals surface area contributed by atoms with Gasteiger partial charge in [0, 0.05) is 11.3 Å². The van der Waals surface area contributed by atoms with Gasteiger partial charge in [-0.25, -0.2) is 5.43 Å². The van der Waals surface area contributed by atoms with Gasteiger partial charge in [0.1, 0.15) is 6.61 Å². The molecule has 0 bridgehead atoms. The summed E-state index contributed by atoms with van der Waals surface area (Å²) in [7, 11) is 4.76. The number of nitrogens with one attached hydrogen (secondary N) is 1. The van der Waals surface area contributed by atoms with Gasteiger partial charge in [0.25, 0.3) is 5.91 Å². The van der Waals surface area contributed by atoms with Crippen LogP contribution in [0, 0.1) is 0 Å². The largest absolute Gasteiger partial charge is 0.493 e. The summed E-state index contributed by atoms with van der Waals surface area (Å²) in [4.78, 5) is 12.7. The number of thioether (sulfide) groups is 1. The second kappa shape index (κ2) is 14.7. The molecule has 0 aliphatic heterocycles. The third-order valence-electron chi connectivity index (χ3n) is 6.45. The molecule has 0 saturated heterocycles. The maximum atomic E-state index is 12.7. The number of carbonyl (C=O) groups is 1. The molecule has 0 radical (unpaired) electrons. The molecule has 5 aromatic rings. The molecule has 1 N–H and O–H groups in total. The maximum Gasteiger partial charge on any atom is 0.250 e. The summed E-state index contributed by atoms with van der Waals surface area (Å²) in [5.41, 5.74) is 6.00. The quantitative estimate of drug-likeness (QED) is 0.102. The molecule has 0 spiro atoms. The van der Waals surface area contributed by atoms with Crippen LogP contribution in [0.5, 0.6) is 23.0 Å². The molecule has 224 valence electrons. The summed E-state index contributed by atoms with van der Waals surface area (Å²) in [5.74, 6) is 2.74. The molecule has 10 nitrogen and oxygen atoms in total. The third-order valence-corrected chi connectivity index (χ3v) is 7.38. The molecule has 0 aliphatic carbocycles. The minimum atomic E-state index is -0.296. The lowest BCUT2D eigenvalue weighted by atomic mass is 10.2. The van der Waals surface area contributed by atoms with E-state index < -0.39 is 0 Å². The van der Waals surface area contributed by atoms with Crippen molar-refractivity contribution in [3.63, 3.8) is 0 Å². The summed E-state index contributed by atoms with van der Waals surface area (Å²) in [6.07, 6.45) is 1.55. The first kappa shape index (κ1) is 30.2. The fourth-order valence-electron chi connectivity index (χ4n) is 4.30. The molecular weight excluding hydrogens is 578 g/mol. The SMILES string of the molecule is COc1ccc(-c2nnc(SCC(=O)N/N=C\c3ccc(OC)c(OCc4ccccc4)c3)n2-c2ccccc2)cc1OC. The lowest BCUT2D eigenvalue weighted by Crippen LogP contribution is -2.20. The zero-order chi connectivity index (χ0) is 30.7. The minimum Gasteiger partial charge on any atom is -0.493 e. The first-order valence-electron chi connectivity index (χ1n) is 13.6. The summed E-state index contributed by atoms with van der Waals surface area (Å²) in [6, 6.07) is 30.5. The summed E-state index contributed by atoms with van der Waals surface area (Å²) < 4.78 is 24.2. The Morgan fingerprint density at radius 3 is 2.23 bits per heavy atom. The van der Waals surface area contributed by atoms with E-state index in [2.05, 4.69) is 20.7 Å². The first-order valence-corrected chi connectivity index (χ1v) is 14.6. The van der Waals surface area contributed by atoms with Gasteiger partial charge in [-0.3, -0.25) is 9.36 Å². The van der Waals surface area contributed by atoms with Gasteiger partial charge in [0.2, 0.25) is 0 Å². The fourth-order valence-corrected chi connectivity index (χ4v) is 5.04. The van der Waals surface area contributed by atoms with Gasteiger partial charge < -0.3 is 18.9 Å². The molecular formula is C33H31N5O5S. The number of carbonyl (C=O) groups excluding carboxylic acids is 1. The Morgan fingerprint density at radius 2 is 1.50 bits per heavy atom. The Hall–Kier alpha value is -5.29. The third kappa shape index (κ3) is 7.37. The van der Waals surface area contributed by atoms with Crippen molar-refractivity contribution >= 4 is 23.9 Å². The number of methoxy groups -OCH3 is 3. The highest BCUT2D eigenvalue weighted by Gasteiger charge is 2.19. The molecule has 0 saturated carbocycles. The number of nitrogens with zero attached hydrogens (tertiary/aromatic N) is 4. The molecule has 0 unspecified atom stereocenters. The number of benzene rings is 4. The van der Waals surface area contributed by atoms with Crippen molar-refractivity contribution in [3.05, 3.63) is 108 Å². The molecule has 5 rings (SSSR count). The normalized spacial score (nSPS) is 10.9. The fraction of sp³-hybridized carbons (Fsp3) is 0.152. The van der Waals surface area contributed by atoms with Crippen LogP contribution in [0.1, 0.15) is 11.1 Å². The van der Waals surface area contributed by atoms with Gasteiger partial charge in [0.15, 0.2) is 34.0 Å². The van der Waals surface area contributed by atoms with E-state index in [1.54, 1.807) is 33.6 Å². The van der Waals surface area contributed by atoms with Crippen LogP contribution >= 0.6 is 11.8 Å². The number of amides is 1. The second-order valence-electron chi connectivity index (χ2n) is 9.31. The Morgan fingerprint density at radius 1 is 0.818 bits per heavy atom. The van der Waals surface area contributed by atoms with Gasteiger partial charge >= 0.3 is 0 Å². The van der Waals surface area contributed by atoms with Crippen LogP contribution in [0.25, 0.3) is 17.1 Å². The van der Waals surface area contributed by atoms with Crippen molar-refractivity contribution in [1.29, 1.82) is 0 Å². The number of hydrazone groups is 1. The number of ether oxygens (including phenoxy) is 4. The lowest BCUT2D eigenvalue weighted by molar-refractivity contribution is -0.118. The van der Waals surface area contributed by atoms with Crippen molar-refractivity contribution in [3.8, 4) is 40.1 Å². The predicted molar refractivity (Wildman–Crippen MR) is 170 cm³/mol. The summed E-state index contributed by atoms with van der Waals surface area (Å²) in [5, 5.41) is 13.5. The van der Waals surface area contributed by atoms with Crippen molar-refractivity contribution in [1.82, 2.24) is 20.2 Å². The van der Waals surface area contributed by atoms with Crippen LogP contribution in [0.3, 0.4) is 0 Å². The van der Waals surface area contributed by atoms with Gasteiger partial charge in [-0.2, -0.15) is 5.10 Å². The van der Waals surface area contributed by atoms with E-state index >= 15 is 0 Å². The molecule has 1 aromatic heterocycles. The van der Waals surface area contributed by atoms with E-state index in [0.717, 1.165) is 22.4 Å². The van der Waals surface area contributed by atoms with Crippen LogP contribution in [0.4, 0.5) is 0 Å². The molecule has 44 heavy (non-hydrogen) atoms. The Balaban J connectivity index is 1.26. The van der Waals surface area contributed by atoms with E-state index in [1.165, 1.54) is 11.8 Å². The number of para-hydroxylation sites is 1. The van der Waals surface area contributed by atoms with Gasteiger partial charge in [-0.1, -0.05) is 60.3 Å². The van der Waals surface area contributed by atoms with E-state index in [4.69, 9.17) is 18.9 Å². The lowest BCUT2D eigenvalue weighted by Gasteiger charge is -2.12. The van der Waals surface area contributed by atoms with Crippen molar-refractivity contribution in [2.24, 2.45) is 5.10 Å². The van der Waals surface area contributed by atoms with Gasteiger partial charge in [-0.05, 0) is 59.7 Å². The van der Waals surface area contributed by atoms with Crippen LogP contribution in [-0.2, 0) is 11.4 Å². The average molecular weight is 610 g/mol. The van der Waals surface area contributed by atoms with Crippen LogP contribution in [0.15, 0.2) is 107 Å². The highest BCUT2D eigenvalue weighted by molar-refractivity contribution is 7.99. The van der Waals surface area contributed by atoms with E-state index in [0.29, 0.717) is 40.6 Å². The number of hydrogen-bond acceptors (Lipinski definition) is 9. The van der Waals surface area contributed by atoms with E-state index in [-0.39, 0.29) is 11.7 Å². The molecule has 0 atom stereocenters. The first-order chi connectivity index (χ1) is 21.6. The zero-order valence-corrected chi connectivity index (χ0v) is 25.3. The van der Waals surface area contributed by atoms with E-state index in [9.17, 15) is 4.79 Å². The maximum absolute atomic E-state index is 12.7. The summed E-state index contributed by atoms with van der Waals surface area (Å²) >= 11 is 1.25. The highest BCUT2D eigenvalue weighted by atomic mass is 32.2.